The fourth-order valence-electron chi connectivity index (χ4n) is 2.25. The van der Waals surface area contributed by atoms with E-state index >= 15 is 0 Å². The Morgan fingerprint density at radius 2 is 1.40 bits per heavy atom. The third kappa shape index (κ3) is 10.2. The van der Waals surface area contributed by atoms with Crippen molar-refractivity contribution in [2.24, 2.45) is 5.41 Å². The van der Waals surface area contributed by atoms with Crippen LogP contribution in [0.25, 0.3) is 0 Å². The molecule has 0 radical (unpaired) electrons. The van der Waals surface area contributed by atoms with Crippen LogP contribution in [0.2, 0.25) is 0 Å². The van der Waals surface area contributed by atoms with Crippen LogP contribution in [-0.4, -0.2) is 12.5 Å². The van der Waals surface area contributed by atoms with E-state index in [1.165, 1.54) is 44.9 Å². The Bertz CT molecular complexity index is 239. The van der Waals surface area contributed by atoms with Gasteiger partial charge in [0.05, 0.1) is 0 Å². The molecule has 0 aromatic rings. The molecule has 0 saturated heterocycles. The second-order valence-corrected chi connectivity index (χ2v) is 6.49. The topological polar surface area (TPSA) is 41.1 Å². The molecule has 20 heavy (non-hydrogen) atoms. The summed E-state index contributed by atoms with van der Waals surface area (Å²) in [6, 6.07) is 0. The van der Waals surface area contributed by atoms with Crippen LogP contribution in [0.3, 0.4) is 0 Å². The molecule has 0 aliphatic heterocycles. The molecule has 0 unspecified atom stereocenters. The molecular weight excluding hydrogens is 248 g/mol. The third-order valence-corrected chi connectivity index (χ3v) is 3.85. The van der Waals surface area contributed by atoms with Gasteiger partial charge < -0.3 is 0 Å². The van der Waals surface area contributed by atoms with Gasteiger partial charge in [-0.1, -0.05) is 79.1 Å². The van der Waals surface area contributed by atoms with Gasteiger partial charge in [0.15, 0.2) is 0 Å². The van der Waals surface area contributed by atoms with Crippen LogP contribution in [0.15, 0.2) is 0 Å². The number of hydrogen-bond donors (Lipinski definition) is 2. The minimum Gasteiger partial charge on any atom is -0.291 e. The molecule has 0 atom stereocenters. The van der Waals surface area contributed by atoms with Crippen LogP contribution in [0.4, 0.5) is 0 Å². The average molecular weight is 284 g/mol. The summed E-state index contributed by atoms with van der Waals surface area (Å²) in [5.74, 6) is 0.119. The lowest BCUT2D eigenvalue weighted by Crippen LogP contribution is -2.45. The molecular formula is C17H36N2O. The van der Waals surface area contributed by atoms with Crippen molar-refractivity contribution in [2.45, 2.75) is 91.9 Å². The lowest BCUT2D eigenvalue weighted by Gasteiger charge is -2.23. The van der Waals surface area contributed by atoms with Crippen LogP contribution in [-0.2, 0) is 4.79 Å². The molecule has 3 heteroatoms. The van der Waals surface area contributed by atoms with Crippen molar-refractivity contribution in [1.29, 1.82) is 0 Å². The Morgan fingerprint density at radius 1 is 0.850 bits per heavy atom. The first-order valence-electron chi connectivity index (χ1n) is 8.58. The molecule has 0 fully saturated rings. The van der Waals surface area contributed by atoms with Crippen molar-refractivity contribution in [3.63, 3.8) is 0 Å². The van der Waals surface area contributed by atoms with E-state index in [1.54, 1.807) is 0 Å². The second-order valence-electron chi connectivity index (χ2n) is 6.49. The Hall–Kier alpha value is -0.570. The fourth-order valence-corrected chi connectivity index (χ4v) is 2.25. The van der Waals surface area contributed by atoms with Gasteiger partial charge in [-0.2, -0.15) is 0 Å². The highest BCUT2D eigenvalue weighted by molar-refractivity contribution is 5.81. The van der Waals surface area contributed by atoms with Crippen molar-refractivity contribution in [3.8, 4) is 0 Å². The van der Waals surface area contributed by atoms with E-state index in [0.29, 0.717) is 0 Å². The van der Waals surface area contributed by atoms with E-state index < -0.39 is 0 Å². The molecule has 120 valence electrons. The minimum absolute atomic E-state index is 0.119. The van der Waals surface area contributed by atoms with Gasteiger partial charge in [-0.05, 0) is 12.8 Å². The molecule has 0 aliphatic rings. The fraction of sp³-hybridized carbons (Fsp3) is 0.941. The lowest BCUT2D eigenvalue weighted by atomic mass is 9.86. The van der Waals surface area contributed by atoms with Gasteiger partial charge in [-0.3, -0.25) is 10.2 Å². The second kappa shape index (κ2) is 12.2. The molecule has 0 saturated carbocycles. The minimum atomic E-state index is -0.261. The van der Waals surface area contributed by atoms with Crippen LogP contribution in [0.5, 0.6) is 0 Å². The molecule has 0 bridgehead atoms. The van der Waals surface area contributed by atoms with Crippen molar-refractivity contribution in [2.75, 3.05) is 6.54 Å². The molecule has 1 amide bonds. The summed E-state index contributed by atoms with van der Waals surface area (Å²) in [5.41, 5.74) is 5.52. The molecule has 0 heterocycles. The number of unbranched alkanes of at least 4 members (excludes halogenated alkanes) is 7. The van der Waals surface area contributed by atoms with E-state index in [1.807, 2.05) is 13.8 Å². The quantitative estimate of drug-likeness (QED) is 0.384. The van der Waals surface area contributed by atoms with Crippen LogP contribution < -0.4 is 10.9 Å². The van der Waals surface area contributed by atoms with Gasteiger partial charge in [-0.15, -0.1) is 0 Å². The van der Waals surface area contributed by atoms with E-state index in [0.717, 1.165) is 25.8 Å². The standard InChI is InChI=1S/C17H36N2O/c1-5-7-8-9-10-11-12-13-14-17(3,4)16(20)19-18-15-6-2/h18H,5-15H2,1-4H3,(H,19,20). The number of hydrazine groups is 1. The van der Waals surface area contributed by atoms with Crippen LogP contribution >= 0.6 is 0 Å². The molecule has 0 aliphatic carbocycles. The molecule has 0 rings (SSSR count). The first kappa shape index (κ1) is 19.4. The number of nitrogens with one attached hydrogen (secondary N) is 2. The lowest BCUT2D eigenvalue weighted by molar-refractivity contribution is -0.130. The number of carbonyl (C=O) groups excluding carboxylic acids is 1. The molecule has 2 N–H and O–H groups in total. The molecule has 0 spiro atoms. The van der Waals surface area contributed by atoms with Crippen molar-refractivity contribution < 1.29 is 4.79 Å². The average Bonchev–Trinajstić information content (AvgIpc) is 2.42. The van der Waals surface area contributed by atoms with Crippen molar-refractivity contribution in [1.82, 2.24) is 10.9 Å². The normalized spacial score (nSPS) is 11.6. The maximum Gasteiger partial charge on any atom is 0.239 e. The number of rotatable bonds is 13. The van der Waals surface area contributed by atoms with Crippen molar-refractivity contribution >= 4 is 5.91 Å². The van der Waals surface area contributed by atoms with Gasteiger partial charge in [-0.25, -0.2) is 5.43 Å². The zero-order valence-corrected chi connectivity index (χ0v) is 14.2. The number of carbonyl (C=O) groups is 1. The van der Waals surface area contributed by atoms with Gasteiger partial charge in [0.1, 0.15) is 0 Å². The molecule has 0 aromatic heterocycles. The third-order valence-electron chi connectivity index (χ3n) is 3.85. The number of amides is 1. The first-order valence-corrected chi connectivity index (χ1v) is 8.58. The summed E-state index contributed by atoms with van der Waals surface area (Å²) < 4.78 is 0. The predicted octanol–water partition coefficient (Wildman–Crippen LogP) is 4.57. The largest absolute Gasteiger partial charge is 0.291 e. The zero-order valence-electron chi connectivity index (χ0n) is 14.2. The maximum absolute atomic E-state index is 12.0. The SMILES string of the molecule is CCCCCCCCCCC(C)(C)C(=O)NNCCC. The van der Waals surface area contributed by atoms with Gasteiger partial charge in [0.2, 0.25) is 5.91 Å². The smallest absolute Gasteiger partial charge is 0.239 e. The van der Waals surface area contributed by atoms with Gasteiger partial charge >= 0.3 is 0 Å². The van der Waals surface area contributed by atoms with E-state index in [4.69, 9.17) is 0 Å². The maximum atomic E-state index is 12.0. The summed E-state index contributed by atoms with van der Waals surface area (Å²) in [6.45, 7) is 9.25. The summed E-state index contributed by atoms with van der Waals surface area (Å²) in [4.78, 5) is 12.0. The van der Waals surface area contributed by atoms with E-state index in [9.17, 15) is 4.79 Å². The summed E-state index contributed by atoms with van der Waals surface area (Å²) in [5, 5.41) is 0. The Morgan fingerprint density at radius 3 is 1.95 bits per heavy atom. The highest BCUT2D eigenvalue weighted by Crippen LogP contribution is 2.24. The van der Waals surface area contributed by atoms with E-state index in [-0.39, 0.29) is 11.3 Å². The van der Waals surface area contributed by atoms with E-state index in [2.05, 4.69) is 24.7 Å². The molecule has 3 nitrogen and oxygen atoms in total. The van der Waals surface area contributed by atoms with Crippen molar-refractivity contribution in [3.05, 3.63) is 0 Å². The predicted molar refractivity (Wildman–Crippen MR) is 87.4 cm³/mol. The highest BCUT2D eigenvalue weighted by Gasteiger charge is 2.26. The van der Waals surface area contributed by atoms with Gasteiger partial charge in [0.25, 0.3) is 0 Å². The Labute approximate surface area is 126 Å². The summed E-state index contributed by atoms with van der Waals surface area (Å²) in [7, 11) is 0. The first-order chi connectivity index (χ1) is 9.54. The number of hydrogen-bond acceptors (Lipinski definition) is 2. The Balaban J connectivity index is 3.58. The zero-order chi connectivity index (χ0) is 15.3. The molecule has 0 aromatic carbocycles. The highest BCUT2D eigenvalue weighted by atomic mass is 16.2. The Kier molecular flexibility index (Phi) is 11.8. The van der Waals surface area contributed by atoms with Crippen LogP contribution in [0, 0.1) is 5.41 Å². The van der Waals surface area contributed by atoms with Crippen LogP contribution in [0.1, 0.15) is 91.9 Å². The van der Waals surface area contributed by atoms with Gasteiger partial charge in [0, 0.05) is 12.0 Å². The summed E-state index contributed by atoms with van der Waals surface area (Å²) in [6.07, 6.45) is 12.5. The summed E-state index contributed by atoms with van der Waals surface area (Å²) >= 11 is 0. The monoisotopic (exact) mass is 284 g/mol.